The molecular weight excluding hydrogens is 324 g/mol. The topological polar surface area (TPSA) is 63.4 Å². The number of hydrogen-bond acceptors (Lipinski definition) is 5. The first kappa shape index (κ1) is 16.8. The summed E-state index contributed by atoms with van der Waals surface area (Å²) in [6.07, 6.45) is 5.21. The van der Waals surface area contributed by atoms with Crippen molar-refractivity contribution in [2.45, 2.75) is 18.6 Å². The maximum absolute atomic E-state index is 12.6. The SMILES string of the molecule is CSCc1ccc(C(=O)N2CCCC(C(=O)c3ccccn3)C2)o1. The first-order valence-corrected chi connectivity index (χ1v) is 9.40. The molecule has 1 unspecified atom stereocenters. The van der Waals surface area contributed by atoms with Gasteiger partial charge in [-0.05, 0) is 43.4 Å². The third kappa shape index (κ3) is 3.70. The number of pyridine rings is 1. The molecule has 0 aromatic carbocycles. The molecule has 1 saturated heterocycles. The zero-order chi connectivity index (χ0) is 16.9. The minimum absolute atomic E-state index is 0.00983. The van der Waals surface area contributed by atoms with Gasteiger partial charge in [0.1, 0.15) is 11.5 Å². The number of piperidine rings is 1. The highest BCUT2D eigenvalue weighted by Gasteiger charge is 2.31. The molecule has 1 amide bonds. The maximum Gasteiger partial charge on any atom is 0.289 e. The number of thioether (sulfide) groups is 1. The molecule has 126 valence electrons. The van der Waals surface area contributed by atoms with E-state index in [1.807, 2.05) is 18.4 Å². The first-order chi connectivity index (χ1) is 11.7. The number of nitrogens with zero attached hydrogens (tertiary/aromatic N) is 2. The van der Waals surface area contributed by atoms with Gasteiger partial charge in [-0.3, -0.25) is 14.6 Å². The van der Waals surface area contributed by atoms with Gasteiger partial charge >= 0.3 is 0 Å². The first-order valence-electron chi connectivity index (χ1n) is 8.01. The van der Waals surface area contributed by atoms with Gasteiger partial charge in [-0.25, -0.2) is 0 Å². The summed E-state index contributed by atoms with van der Waals surface area (Å²) in [4.78, 5) is 31.0. The van der Waals surface area contributed by atoms with Crippen LogP contribution in [0.2, 0.25) is 0 Å². The highest BCUT2D eigenvalue weighted by molar-refractivity contribution is 7.97. The van der Waals surface area contributed by atoms with E-state index in [2.05, 4.69) is 4.98 Å². The van der Waals surface area contributed by atoms with E-state index in [1.54, 1.807) is 41.1 Å². The van der Waals surface area contributed by atoms with E-state index in [0.29, 0.717) is 24.5 Å². The summed E-state index contributed by atoms with van der Waals surface area (Å²) < 4.78 is 5.61. The van der Waals surface area contributed by atoms with E-state index < -0.39 is 0 Å². The second kappa shape index (κ2) is 7.66. The summed E-state index contributed by atoms with van der Waals surface area (Å²) in [5, 5.41) is 0. The van der Waals surface area contributed by atoms with Crippen LogP contribution in [0, 0.1) is 5.92 Å². The predicted octanol–water partition coefficient (Wildman–Crippen LogP) is 3.27. The molecule has 3 rings (SSSR count). The lowest BCUT2D eigenvalue weighted by molar-refractivity contribution is 0.0608. The van der Waals surface area contributed by atoms with Crippen molar-refractivity contribution in [3.05, 3.63) is 53.7 Å². The molecule has 1 fully saturated rings. The molecule has 0 saturated carbocycles. The van der Waals surface area contributed by atoms with Gasteiger partial charge < -0.3 is 9.32 Å². The van der Waals surface area contributed by atoms with Gasteiger partial charge in [0.2, 0.25) is 0 Å². The quantitative estimate of drug-likeness (QED) is 0.779. The number of carbonyl (C=O) groups is 2. The number of likely N-dealkylation sites (tertiary alicyclic amines) is 1. The van der Waals surface area contributed by atoms with E-state index >= 15 is 0 Å². The summed E-state index contributed by atoms with van der Waals surface area (Å²) >= 11 is 1.65. The number of amides is 1. The molecule has 6 heteroatoms. The molecule has 3 heterocycles. The van der Waals surface area contributed by atoms with Crippen LogP contribution in [0.25, 0.3) is 0 Å². The summed E-state index contributed by atoms with van der Waals surface area (Å²) in [5.41, 5.74) is 0.469. The fourth-order valence-electron chi connectivity index (χ4n) is 2.96. The zero-order valence-electron chi connectivity index (χ0n) is 13.6. The van der Waals surface area contributed by atoms with Crippen molar-refractivity contribution < 1.29 is 14.0 Å². The van der Waals surface area contributed by atoms with E-state index in [-0.39, 0.29) is 17.6 Å². The van der Waals surface area contributed by atoms with Crippen molar-refractivity contribution in [1.29, 1.82) is 0 Å². The van der Waals surface area contributed by atoms with Gasteiger partial charge in [-0.1, -0.05) is 6.07 Å². The number of hydrogen-bond donors (Lipinski definition) is 0. The lowest BCUT2D eigenvalue weighted by Crippen LogP contribution is -2.42. The molecule has 2 aromatic heterocycles. The zero-order valence-corrected chi connectivity index (χ0v) is 14.4. The number of furan rings is 1. The highest BCUT2D eigenvalue weighted by Crippen LogP contribution is 2.23. The van der Waals surface area contributed by atoms with Gasteiger partial charge in [0.25, 0.3) is 5.91 Å². The maximum atomic E-state index is 12.6. The molecular formula is C18H20N2O3S. The van der Waals surface area contributed by atoms with Crippen LogP contribution >= 0.6 is 11.8 Å². The molecule has 0 bridgehead atoms. The van der Waals surface area contributed by atoms with Crippen molar-refractivity contribution in [2.24, 2.45) is 5.92 Å². The summed E-state index contributed by atoms with van der Waals surface area (Å²) in [6, 6.07) is 8.88. The van der Waals surface area contributed by atoms with Gasteiger partial charge in [-0.15, -0.1) is 0 Å². The Hall–Kier alpha value is -2.08. The Labute approximate surface area is 145 Å². The Balaban J connectivity index is 1.68. The number of aromatic nitrogens is 1. The van der Waals surface area contributed by atoms with Gasteiger partial charge in [0.05, 0.1) is 5.75 Å². The van der Waals surface area contributed by atoms with Crippen molar-refractivity contribution in [3.63, 3.8) is 0 Å². The molecule has 1 aliphatic rings. The Kier molecular flexibility index (Phi) is 5.35. The van der Waals surface area contributed by atoms with E-state index in [4.69, 9.17) is 4.42 Å². The minimum atomic E-state index is -0.196. The van der Waals surface area contributed by atoms with Crippen LogP contribution < -0.4 is 0 Å². The van der Waals surface area contributed by atoms with Crippen LogP contribution in [0.3, 0.4) is 0 Å². The van der Waals surface area contributed by atoms with Crippen LogP contribution in [-0.4, -0.2) is 40.9 Å². The second-order valence-corrected chi connectivity index (χ2v) is 6.73. The van der Waals surface area contributed by atoms with Crippen LogP contribution in [0.15, 0.2) is 40.9 Å². The molecule has 1 atom stereocenters. The third-order valence-corrected chi connectivity index (χ3v) is 4.73. The Morgan fingerprint density at radius 2 is 2.21 bits per heavy atom. The fourth-order valence-corrected chi connectivity index (χ4v) is 3.40. The average Bonchev–Trinajstić information content (AvgIpc) is 3.10. The molecule has 0 radical (unpaired) electrons. The lowest BCUT2D eigenvalue weighted by atomic mass is 9.92. The number of carbonyl (C=O) groups excluding carboxylic acids is 2. The van der Waals surface area contributed by atoms with Crippen molar-refractivity contribution in [2.75, 3.05) is 19.3 Å². The summed E-state index contributed by atoms with van der Waals surface area (Å²) in [6.45, 7) is 1.08. The molecule has 0 aliphatic carbocycles. The largest absolute Gasteiger partial charge is 0.455 e. The van der Waals surface area contributed by atoms with Gasteiger partial charge in [0.15, 0.2) is 11.5 Å². The number of rotatable bonds is 5. The van der Waals surface area contributed by atoms with Gasteiger partial charge in [0, 0.05) is 25.2 Å². The van der Waals surface area contributed by atoms with E-state index in [9.17, 15) is 9.59 Å². The normalized spacial score (nSPS) is 17.7. The minimum Gasteiger partial charge on any atom is -0.455 e. The van der Waals surface area contributed by atoms with E-state index in [1.165, 1.54) is 0 Å². The second-order valence-electron chi connectivity index (χ2n) is 5.87. The van der Waals surface area contributed by atoms with Crippen molar-refractivity contribution >= 4 is 23.5 Å². The van der Waals surface area contributed by atoms with Crippen LogP contribution in [0.1, 0.15) is 39.6 Å². The lowest BCUT2D eigenvalue weighted by Gasteiger charge is -2.31. The molecule has 0 spiro atoms. The molecule has 0 N–H and O–H groups in total. The van der Waals surface area contributed by atoms with E-state index in [0.717, 1.165) is 24.4 Å². The summed E-state index contributed by atoms with van der Waals surface area (Å²) in [7, 11) is 0. The van der Waals surface area contributed by atoms with Crippen molar-refractivity contribution in [1.82, 2.24) is 9.88 Å². The van der Waals surface area contributed by atoms with Crippen LogP contribution in [0.5, 0.6) is 0 Å². The Bertz CT molecular complexity index is 714. The summed E-state index contributed by atoms with van der Waals surface area (Å²) in [5.74, 6) is 1.57. The Morgan fingerprint density at radius 3 is 2.96 bits per heavy atom. The fraction of sp³-hybridized carbons (Fsp3) is 0.389. The average molecular weight is 344 g/mol. The molecule has 24 heavy (non-hydrogen) atoms. The molecule has 5 nitrogen and oxygen atoms in total. The van der Waals surface area contributed by atoms with Crippen LogP contribution in [-0.2, 0) is 5.75 Å². The smallest absolute Gasteiger partial charge is 0.289 e. The number of Topliss-reactive ketones (excluding diaryl/α,β-unsaturated/α-hetero) is 1. The highest BCUT2D eigenvalue weighted by atomic mass is 32.2. The van der Waals surface area contributed by atoms with Crippen molar-refractivity contribution in [3.8, 4) is 0 Å². The van der Waals surface area contributed by atoms with Crippen LogP contribution in [0.4, 0.5) is 0 Å². The van der Waals surface area contributed by atoms with Gasteiger partial charge in [-0.2, -0.15) is 11.8 Å². The standard InChI is InChI=1S/C18H20N2O3S/c1-24-12-14-7-8-16(23-14)18(22)20-10-4-5-13(11-20)17(21)15-6-2-3-9-19-15/h2-3,6-9,13H,4-5,10-12H2,1H3. The molecule has 2 aromatic rings. The third-order valence-electron chi connectivity index (χ3n) is 4.16. The molecule has 1 aliphatic heterocycles. The number of ketones is 1. The monoisotopic (exact) mass is 344 g/mol. The predicted molar refractivity (Wildman–Crippen MR) is 93.1 cm³/mol. The Morgan fingerprint density at radius 1 is 1.33 bits per heavy atom.